The number of likely N-dealkylation sites (tertiary alicyclic amines) is 1. The number of halogens is 3. The Labute approximate surface area is 170 Å². The van der Waals surface area contributed by atoms with Gasteiger partial charge in [-0.05, 0) is 61.6 Å². The lowest BCUT2D eigenvalue weighted by atomic mass is 9.87. The van der Waals surface area contributed by atoms with Gasteiger partial charge in [-0.3, -0.25) is 9.59 Å². The summed E-state index contributed by atoms with van der Waals surface area (Å²) in [6.07, 6.45) is 2.59. The predicted molar refractivity (Wildman–Crippen MR) is 105 cm³/mol. The van der Waals surface area contributed by atoms with Gasteiger partial charge in [-0.1, -0.05) is 28.1 Å². The summed E-state index contributed by atoms with van der Waals surface area (Å²) in [4.78, 5) is 27.6. The summed E-state index contributed by atoms with van der Waals surface area (Å²) in [7, 11) is 0. The third-order valence-corrected chi connectivity index (χ3v) is 6.38. The third kappa shape index (κ3) is 3.50. The summed E-state index contributed by atoms with van der Waals surface area (Å²) in [5.74, 6) is -1.98. The molecule has 0 spiro atoms. The molecule has 4 rings (SSSR count). The average Bonchev–Trinajstić information content (AvgIpc) is 3.51. The van der Waals surface area contributed by atoms with Gasteiger partial charge >= 0.3 is 0 Å². The van der Waals surface area contributed by atoms with E-state index in [0.29, 0.717) is 25.9 Å². The van der Waals surface area contributed by atoms with Crippen LogP contribution in [-0.4, -0.2) is 29.7 Å². The molecular formula is C22H20BrF2NO2. The van der Waals surface area contributed by atoms with Gasteiger partial charge in [0.15, 0.2) is 5.78 Å². The smallest absolute Gasteiger partial charge is 0.233 e. The number of hydrogen-bond donors (Lipinski definition) is 0. The zero-order valence-electron chi connectivity index (χ0n) is 15.3. The van der Waals surface area contributed by atoms with Crippen molar-refractivity contribution in [2.45, 2.75) is 31.1 Å². The number of amides is 1. The van der Waals surface area contributed by atoms with Crippen molar-refractivity contribution in [2.75, 3.05) is 13.1 Å². The van der Waals surface area contributed by atoms with E-state index in [2.05, 4.69) is 15.9 Å². The number of Topliss-reactive ketones (excluding diaryl/α,β-unsaturated/α-hetero) is 1. The highest BCUT2D eigenvalue weighted by atomic mass is 79.9. The van der Waals surface area contributed by atoms with E-state index in [4.69, 9.17) is 0 Å². The van der Waals surface area contributed by atoms with Crippen LogP contribution in [0.25, 0.3) is 0 Å². The molecule has 2 aromatic carbocycles. The molecule has 1 saturated heterocycles. The van der Waals surface area contributed by atoms with E-state index in [9.17, 15) is 18.4 Å². The minimum absolute atomic E-state index is 0.105. The van der Waals surface area contributed by atoms with Gasteiger partial charge in [0, 0.05) is 23.5 Å². The number of ketones is 1. The molecule has 0 bridgehead atoms. The number of carbonyl (C=O) groups is 2. The molecule has 2 fully saturated rings. The Hall–Kier alpha value is -2.08. The first-order valence-electron chi connectivity index (χ1n) is 9.45. The summed E-state index contributed by atoms with van der Waals surface area (Å²) < 4.78 is 28.3. The summed E-state index contributed by atoms with van der Waals surface area (Å²) in [5.41, 5.74) is 0.374. The van der Waals surface area contributed by atoms with Crippen molar-refractivity contribution in [3.63, 3.8) is 0 Å². The Bertz CT molecular complexity index is 934. The second-order valence-corrected chi connectivity index (χ2v) is 8.56. The molecule has 0 aromatic heterocycles. The topological polar surface area (TPSA) is 37.4 Å². The van der Waals surface area contributed by atoms with Crippen LogP contribution in [0, 0.1) is 17.6 Å². The molecule has 1 aliphatic carbocycles. The van der Waals surface area contributed by atoms with Crippen LogP contribution in [0.3, 0.4) is 0 Å². The van der Waals surface area contributed by atoms with E-state index in [-0.39, 0.29) is 23.2 Å². The number of piperidine rings is 1. The number of hydrogen-bond acceptors (Lipinski definition) is 2. The molecule has 2 aliphatic rings. The monoisotopic (exact) mass is 447 g/mol. The van der Waals surface area contributed by atoms with Crippen molar-refractivity contribution in [3.8, 4) is 0 Å². The van der Waals surface area contributed by atoms with Crippen LogP contribution in [0.4, 0.5) is 8.78 Å². The van der Waals surface area contributed by atoms with Gasteiger partial charge in [0.1, 0.15) is 11.6 Å². The molecule has 3 nitrogen and oxygen atoms in total. The zero-order valence-corrected chi connectivity index (χ0v) is 16.8. The Morgan fingerprint density at radius 3 is 2.39 bits per heavy atom. The number of rotatable bonds is 4. The second-order valence-electron chi connectivity index (χ2n) is 7.65. The predicted octanol–water partition coefficient (Wildman–Crippen LogP) is 4.88. The molecule has 6 heteroatoms. The fraction of sp³-hybridized carbons (Fsp3) is 0.364. The lowest BCUT2D eigenvalue weighted by molar-refractivity contribution is -0.135. The van der Waals surface area contributed by atoms with E-state index in [0.717, 1.165) is 41.1 Å². The van der Waals surface area contributed by atoms with Crippen LogP contribution in [0.2, 0.25) is 0 Å². The van der Waals surface area contributed by atoms with Crippen LogP contribution in [0.5, 0.6) is 0 Å². The van der Waals surface area contributed by atoms with Crippen LogP contribution in [-0.2, 0) is 10.2 Å². The highest BCUT2D eigenvalue weighted by Gasteiger charge is 2.53. The maximum absolute atomic E-state index is 13.9. The van der Waals surface area contributed by atoms with Crippen molar-refractivity contribution in [1.29, 1.82) is 0 Å². The van der Waals surface area contributed by atoms with Crippen molar-refractivity contribution < 1.29 is 18.4 Å². The second kappa shape index (κ2) is 7.39. The highest BCUT2D eigenvalue weighted by Crippen LogP contribution is 2.50. The van der Waals surface area contributed by atoms with E-state index in [1.54, 1.807) is 0 Å². The minimum Gasteiger partial charge on any atom is -0.342 e. The maximum Gasteiger partial charge on any atom is 0.233 e. The van der Waals surface area contributed by atoms with Gasteiger partial charge in [-0.25, -0.2) is 8.78 Å². The summed E-state index contributed by atoms with van der Waals surface area (Å²) in [6, 6.07) is 10.8. The fourth-order valence-electron chi connectivity index (χ4n) is 4.09. The van der Waals surface area contributed by atoms with Crippen molar-refractivity contribution >= 4 is 27.6 Å². The molecule has 146 valence electrons. The first-order valence-corrected chi connectivity index (χ1v) is 10.2. The summed E-state index contributed by atoms with van der Waals surface area (Å²) >= 11 is 3.46. The summed E-state index contributed by atoms with van der Waals surface area (Å²) in [6.45, 7) is 0.920. The number of benzene rings is 2. The molecule has 1 amide bonds. The van der Waals surface area contributed by atoms with Crippen LogP contribution in [0.15, 0.2) is 46.9 Å². The zero-order chi connectivity index (χ0) is 19.9. The van der Waals surface area contributed by atoms with E-state index >= 15 is 0 Å². The van der Waals surface area contributed by atoms with E-state index in [1.807, 2.05) is 29.2 Å². The van der Waals surface area contributed by atoms with Gasteiger partial charge in [-0.2, -0.15) is 0 Å². The fourth-order valence-corrected chi connectivity index (χ4v) is 4.49. The Balaban J connectivity index is 1.44. The van der Waals surface area contributed by atoms with Crippen LogP contribution in [0.1, 0.15) is 41.6 Å². The molecule has 0 N–H and O–H groups in total. The lowest BCUT2D eigenvalue weighted by Crippen LogP contribution is -2.45. The third-order valence-electron chi connectivity index (χ3n) is 5.88. The average molecular weight is 448 g/mol. The lowest BCUT2D eigenvalue weighted by Gasteiger charge is -2.34. The maximum atomic E-state index is 13.9. The van der Waals surface area contributed by atoms with Gasteiger partial charge < -0.3 is 4.90 Å². The van der Waals surface area contributed by atoms with Gasteiger partial charge in [0.05, 0.1) is 11.0 Å². The number of nitrogens with zero attached hydrogens (tertiary/aromatic N) is 1. The SMILES string of the molecule is O=C(c1cc(F)ccc1F)C1CCN(C(=O)C2(c3cccc(Br)c3)CC2)CC1. The van der Waals surface area contributed by atoms with Crippen molar-refractivity contribution in [3.05, 3.63) is 69.7 Å². The normalized spacial score (nSPS) is 18.8. The molecule has 1 saturated carbocycles. The first-order chi connectivity index (χ1) is 13.4. The van der Waals surface area contributed by atoms with Gasteiger partial charge in [-0.15, -0.1) is 0 Å². The highest BCUT2D eigenvalue weighted by molar-refractivity contribution is 9.10. The molecular weight excluding hydrogens is 428 g/mol. The Morgan fingerprint density at radius 1 is 1.04 bits per heavy atom. The molecule has 2 aromatic rings. The number of carbonyl (C=O) groups excluding carboxylic acids is 2. The van der Waals surface area contributed by atoms with Gasteiger partial charge in [0.25, 0.3) is 0 Å². The quantitative estimate of drug-likeness (QED) is 0.626. The van der Waals surface area contributed by atoms with Gasteiger partial charge in [0.2, 0.25) is 5.91 Å². The standard InChI is InChI=1S/C22H20BrF2NO2/c23-16-3-1-2-15(12-16)22(8-9-22)21(28)26-10-6-14(7-11-26)20(27)18-13-17(24)4-5-19(18)25/h1-5,12-14H,6-11H2. The van der Waals surface area contributed by atoms with Crippen LogP contribution >= 0.6 is 15.9 Å². The van der Waals surface area contributed by atoms with E-state index in [1.165, 1.54) is 0 Å². The van der Waals surface area contributed by atoms with Crippen molar-refractivity contribution in [1.82, 2.24) is 4.90 Å². The molecule has 0 atom stereocenters. The van der Waals surface area contributed by atoms with E-state index < -0.39 is 17.0 Å². The molecule has 0 radical (unpaired) electrons. The largest absolute Gasteiger partial charge is 0.342 e. The minimum atomic E-state index is -0.698. The molecule has 0 unspecified atom stereocenters. The molecule has 1 aliphatic heterocycles. The summed E-state index contributed by atoms with van der Waals surface area (Å²) in [5, 5.41) is 0. The van der Waals surface area contributed by atoms with Crippen LogP contribution < -0.4 is 0 Å². The first kappa shape index (κ1) is 19.2. The van der Waals surface area contributed by atoms with Crippen molar-refractivity contribution in [2.24, 2.45) is 5.92 Å². The Morgan fingerprint density at radius 2 is 1.75 bits per heavy atom. The molecule has 1 heterocycles. The molecule has 28 heavy (non-hydrogen) atoms. The Kier molecular flexibility index (Phi) is 5.08.